The third-order valence-corrected chi connectivity index (χ3v) is 4.02. The SMILES string of the molecule is N=C(N)c1ccccc1NS(=O)(=O)c1cc(F)ccc1F. The van der Waals surface area contributed by atoms with Crippen LogP contribution in [0.2, 0.25) is 0 Å². The zero-order valence-corrected chi connectivity index (χ0v) is 11.4. The van der Waals surface area contributed by atoms with Gasteiger partial charge in [0, 0.05) is 5.56 Å². The fourth-order valence-electron chi connectivity index (χ4n) is 1.69. The summed E-state index contributed by atoms with van der Waals surface area (Å²) < 4.78 is 53.0. The van der Waals surface area contributed by atoms with Gasteiger partial charge in [-0.15, -0.1) is 0 Å². The van der Waals surface area contributed by atoms with Crippen molar-refractivity contribution in [2.45, 2.75) is 4.90 Å². The molecule has 0 fully saturated rings. The summed E-state index contributed by atoms with van der Waals surface area (Å²) in [4.78, 5) is -0.819. The molecule has 0 saturated carbocycles. The number of nitrogens with two attached hydrogens (primary N) is 1. The molecular weight excluding hydrogens is 300 g/mol. The topological polar surface area (TPSA) is 96.0 Å². The van der Waals surface area contributed by atoms with Crippen molar-refractivity contribution in [1.29, 1.82) is 5.41 Å². The second-order valence-corrected chi connectivity index (χ2v) is 5.79. The maximum absolute atomic E-state index is 13.6. The molecule has 0 atom stereocenters. The number of halogens is 2. The summed E-state index contributed by atoms with van der Waals surface area (Å²) in [6.45, 7) is 0. The molecule has 8 heteroatoms. The summed E-state index contributed by atoms with van der Waals surface area (Å²) in [7, 11) is -4.34. The zero-order chi connectivity index (χ0) is 15.6. The van der Waals surface area contributed by atoms with Gasteiger partial charge >= 0.3 is 0 Å². The number of para-hydroxylation sites is 1. The Bertz CT molecular complexity index is 807. The summed E-state index contributed by atoms with van der Waals surface area (Å²) in [5, 5.41) is 7.37. The largest absolute Gasteiger partial charge is 0.384 e. The lowest BCUT2D eigenvalue weighted by Gasteiger charge is -2.12. The highest BCUT2D eigenvalue weighted by molar-refractivity contribution is 7.92. The second kappa shape index (κ2) is 5.49. The summed E-state index contributed by atoms with van der Waals surface area (Å²) in [6.07, 6.45) is 0. The molecule has 0 radical (unpaired) electrons. The van der Waals surface area contributed by atoms with Gasteiger partial charge in [-0.25, -0.2) is 17.2 Å². The number of sulfonamides is 1. The van der Waals surface area contributed by atoms with E-state index in [-0.39, 0.29) is 17.1 Å². The number of nitrogen functional groups attached to an aromatic ring is 1. The maximum Gasteiger partial charge on any atom is 0.264 e. The highest BCUT2D eigenvalue weighted by atomic mass is 32.2. The summed E-state index contributed by atoms with van der Waals surface area (Å²) in [5.74, 6) is -2.31. The number of anilines is 1. The van der Waals surface area contributed by atoms with E-state index in [4.69, 9.17) is 11.1 Å². The predicted octanol–water partition coefficient (Wildman–Crippen LogP) is 2.05. The Kier molecular flexibility index (Phi) is 3.90. The molecule has 2 rings (SSSR count). The molecule has 2 aromatic carbocycles. The molecular formula is C13H11F2N3O2S. The van der Waals surface area contributed by atoms with Crippen LogP contribution in [0.15, 0.2) is 47.4 Å². The van der Waals surface area contributed by atoms with E-state index in [0.29, 0.717) is 6.07 Å². The van der Waals surface area contributed by atoms with Gasteiger partial charge in [0.2, 0.25) is 0 Å². The molecule has 0 saturated heterocycles. The van der Waals surface area contributed by atoms with Gasteiger partial charge in [-0.2, -0.15) is 0 Å². The number of rotatable bonds is 4. The van der Waals surface area contributed by atoms with E-state index in [1.165, 1.54) is 18.2 Å². The van der Waals surface area contributed by atoms with E-state index in [9.17, 15) is 17.2 Å². The van der Waals surface area contributed by atoms with Crippen molar-refractivity contribution >= 4 is 21.5 Å². The van der Waals surface area contributed by atoms with Crippen LogP contribution in [0.5, 0.6) is 0 Å². The summed E-state index contributed by atoms with van der Waals surface area (Å²) >= 11 is 0. The van der Waals surface area contributed by atoms with Crippen LogP contribution in [0.1, 0.15) is 5.56 Å². The number of nitrogens with one attached hydrogen (secondary N) is 2. The lowest BCUT2D eigenvalue weighted by Crippen LogP contribution is -2.19. The number of hydrogen-bond acceptors (Lipinski definition) is 3. The molecule has 0 spiro atoms. The van der Waals surface area contributed by atoms with Gasteiger partial charge in [-0.3, -0.25) is 10.1 Å². The molecule has 110 valence electrons. The second-order valence-electron chi connectivity index (χ2n) is 4.14. The van der Waals surface area contributed by atoms with Crippen molar-refractivity contribution in [3.8, 4) is 0 Å². The van der Waals surface area contributed by atoms with Crippen LogP contribution in [0.4, 0.5) is 14.5 Å². The minimum Gasteiger partial charge on any atom is -0.384 e. The first kappa shape index (κ1) is 14.9. The van der Waals surface area contributed by atoms with Crippen molar-refractivity contribution in [3.05, 3.63) is 59.7 Å². The number of hydrogen-bond donors (Lipinski definition) is 3. The Morgan fingerprint density at radius 3 is 2.48 bits per heavy atom. The average molecular weight is 311 g/mol. The first-order valence-electron chi connectivity index (χ1n) is 5.72. The van der Waals surface area contributed by atoms with Crippen LogP contribution < -0.4 is 10.5 Å². The summed E-state index contributed by atoms with van der Waals surface area (Å²) in [5.41, 5.74) is 5.49. The van der Waals surface area contributed by atoms with E-state index in [0.717, 1.165) is 12.1 Å². The van der Waals surface area contributed by atoms with Crippen LogP contribution in [0.25, 0.3) is 0 Å². The van der Waals surface area contributed by atoms with Gasteiger partial charge in [0.25, 0.3) is 10.0 Å². The molecule has 0 aliphatic heterocycles. The molecule has 21 heavy (non-hydrogen) atoms. The number of benzene rings is 2. The van der Waals surface area contributed by atoms with Crippen molar-refractivity contribution in [2.75, 3.05) is 4.72 Å². The average Bonchev–Trinajstić information content (AvgIpc) is 2.41. The minimum atomic E-state index is -4.34. The van der Waals surface area contributed by atoms with E-state index < -0.39 is 26.6 Å². The zero-order valence-electron chi connectivity index (χ0n) is 10.6. The van der Waals surface area contributed by atoms with Crippen LogP contribution in [-0.4, -0.2) is 14.3 Å². The third kappa shape index (κ3) is 3.16. The molecule has 0 heterocycles. The molecule has 0 bridgehead atoms. The standard InChI is InChI=1S/C13H11F2N3O2S/c14-8-5-6-10(15)12(7-8)21(19,20)18-11-4-2-1-3-9(11)13(16)17/h1-7,18H,(H3,16,17). The van der Waals surface area contributed by atoms with Gasteiger partial charge < -0.3 is 5.73 Å². The highest BCUT2D eigenvalue weighted by Gasteiger charge is 2.21. The lowest BCUT2D eigenvalue weighted by molar-refractivity contribution is 0.555. The molecule has 4 N–H and O–H groups in total. The van der Waals surface area contributed by atoms with Gasteiger partial charge in [0.15, 0.2) is 0 Å². The third-order valence-electron chi connectivity index (χ3n) is 2.64. The van der Waals surface area contributed by atoms with Gasteiger partial charge in [0.05, 0.1) is 5.69 Å². The Morgan fingerprint density at radius 2 is 1.81 bits per heavy atom. The first-order valence-corrected chi connectivity index (χ1v) is 7.21. The monoisotopic (exact) mass is 311 g/mol. The van der Waals surface area contributed by atoms with Gasteiger partial charge in [-0.05, 0) is 30.3 Å². The van der Waals surface area contributed by atoms with Crippen LogP contribution in [-0.2, 0) is 10.0 Å². The maximum atomic E-state index is 13.6. The van der Waals surface area contributed by atoms with E-state index in [1.807, 2.05) is 0 Å². The molecule has 5 nitrogen and oxygen atoms in total. The Hall–Kier alpha value is -2.48. The Morgan fingerprint density at radius 1 is 1.14 bits per heavy atom. The molecule has 0 aromatic heterocycles. The first-order chi connectivity index (χ1) is 9.81. The van der Waals surface area contributed by atoms with Crippen LogP contribution in [0, 0.1) is 17.0 Å². The quantitative estimate of drug-likeness (QED) is 0.595. The normalized spacial score (nSPS) is 11.1. The Labute approximate surface area is 120 Å². The molecule has 2 aromatic rings. The smallest absolute Gasteiger partial charge is 0.264 e. The fourth-order valence-corrected chi connectivity index (χ4v) is 2.86. The van der Waals surface area contributed by atoms with Crippen molar-refractivity contribution < 1.29 is 17.2 Å². The summed E-state index contributed by atoms with van der Waals surface area (Å²) in [6, 6.07) is 8.00. The van der Waals surface area contributed by atoms with E-state index in [1.54, 1.807) is 6.07 Å². The molecule has 0 amide bonds. The fraction of sp³-hybridized carbons (Fsp3) is 0. The molecule has 0 unspecified atom stereocenters. The predicted molar refractivity (Wildman–Crippen MR) is 74.6 cm³/mol. The van der Waals surface area contributed by atoms with Crippen molar-refractivity contribution in [2.24, 2.45) is 5.73 Å². The van der Waals surface area contributed by atoms with Crippen LogP contribution in [0.3, 0.4) is 0 Å². The van der Waals surface area contributed by atoms with Crippen molar-refractivity contribution in [1.82, 2.24) is 0 Å². The van der Waals surface area contributed by atoms with E-state index in [2.05, 4.69) is 4.72 Å². The molecule has 0 aliphatic rings. The number of amidine groups is 1. The van der Waals surface area contributed by atoms with Crippen LogP contribution >= 0.6 is 0 Å². The Balaban J connectivity index is 2.48. The van der Waals surface area contributed by atoms with Crippen molar-refractivity contribution in [3.63, 3.8) is 0 Å². The highest BCUT2D eigenvalue weighted by Crippen LogP contribution is 2.22. The minimum absolute atomic E-state index is 0.00802. The van der Waals surface area contributed by atoms with Gasteiger partial charge in [-0.1, -0.05) is 12.1 Å². The lowest BCUT2D eigenvalue weighted by atomic mass is 10.2. The van der Waals surface area contributed by atoms with Gasteiger partial charge in [0.1, 0.15) is 22.4 Å². The van der Waals surface area contributed by atoms with E-state index >= 15 is 0 Å². The molecule has 0 aliphatic carbocycles.